The molecule has 3 aromatic carbocycles. The summed E-state index contributed by atoms with van der Waals surface area (Å²) in [6.45, 7) is 0. The quantitative estimate of drug-likeness (QED) is 0.319. The van der Waals surface area contributed by atoms with Crippen molar-refractivity contribution in [3.63, 3.8) is 0 Å². The van der Waals surface area contributed by atoms with E-state index in [4.69, 9.17) is 19.6 Å². The van der Waals surface area contributed by atoms with E-state index in [1.54, 1.807) is 50.6 Å². The lowest BCUT2D eigenvalue weighted by Gasteiger charge is -2.18. The second-order valence-electron chi connectivity index (χ2n) is 7.09. The molecule has 0 bridgehead atoms. The summed E-state index contributed by atoms with van der Waals surface area (Å²) in [6, 6.07) is 15.8. The summed E-state index contributed by atoms with van der Waals surface area (Å²) >= 11 is 0. The molecule has 0 spiro atoms. The highest BCUT2D eigenvalue weighted by molar-refractivity contribution is 6.15. The highest BCUT2D eigenvalue weighted by atomic mass is 16.5. The second-order valence-corrected chi connectivity index (χ2v) is 7.09. The molecule has 0 aliphatic carbocycles. The number of amides is 2. The maximum atomic E-state index is 12.5. The molecule has 9 nitrogen and oxygen atoms in total. The van der Waals surface area contributed by atoms with Crippen molar-refractivity contribution < 1.29 is 24.2 Å². The zero-order valence-electron chi connectivity index (χ0n) is 18.2. The van der Waals surface area contributed by atoms with E-state index in [9.17, 15) is 9.59 Å². The standard InChI is InChI=1S/C24H22N4O5/c1-25-23(29)16-8-4-6-14-20(15-7-5-9-19(33-3)22(15)28-21(14)16)27-17-12-13(26-24(30)31)10-11-18(17)32-2/h4-12,26H,1-3H3,(H,25,29)(H,27,28)(H,30,31). The first-order chi connectivity index (χ1) is 16.0. The van der Waals surface area contributed by atoms with Crippen molar-refractivity contribution in [2.45, 2.75) is 0 Å². The van der Waals surface area contributed by atoms with Crippen molar-refractivity contribution in [1.29, 1.82) is 0 Å². The van der Waals surface area contributed by atoms with E-state index in [2.05, 4.69) is 16.0 Å². The number of rotatable bonds is 6. The molecule has 1 heterocycles. The molecule has 2 amide bonds. The van der Waals surface area contributed by atoms with E-state index in [0.29, 0.717) is 50.5 Å². The Labute approximate surface area is 189 Å². The zero-order chi connectivity index (χ0) is 23.5. The Morgan fingerprint density at radius 2 is 1.61 bits per heavy atom. The van der Waals surface area contributed by atoms with Crippen molar-refractivity contribution in [3.05, 3.63) is 60.2 Å². The molecule has 0 aliphatic heterocycles. The molecule has 0 saturated carbocycles. The van der Waals surface area contributed by atoms with Gasteiger partial charge >= 0.3 is 6.09 Å². The van der Waals surface area contributed by atoms with Gasteiger partial charge in [0.1, 0.15) is 17.0 Å². The van der Waals surface area contributed by atoms with Gasteiger partial charge in [-0.3, -0.25) is 10.1 Å². The van der Waals surface area contributed by atoms with Crippen LogP contribution < -0.4 is 25.4 Å². The first kappa shape index (κ1) is 21.7. The van der Waals surface area contributed by atoms with Crippen LogP contribution in [0.15, 0.2) is 54.6 Å². The number of fused-ring (bicyclic) bond motifs is 2. The minimum atomic E-state index is -1.18. The molecule has 0 radical (unpaired) electrons. The Kier molecular flexibility index (Phi) is 5.86. The maximum Gasteiger partial charge on any atom is 0.409 e. The smallest absolute Gasteiger partial charge is 0.409 e. The number of hydrogen-bond donors (Lipinski definition) is 4. The minimum absolute atomic E-state index is 0.265. The Hall–Kier alpha value is -4.53. The number of carbonyl (C=O) groups is 2. The van der Waals surface area contributed by atoms with E-state index in [1.807, 2.05) is 18.2 Å². The van der Waals surface area contributed by atoms with Crippen molar-refractivity contribution in [1.82, 2.24) is 10.3 Å². The Morgan fingerprint density at radius 1 is 0.909 bits per heavy atom. The van der Waals surface area contributed by atoms with Gasteiger partial charge in [0, 0.05) is 23.5 Å². The third-order valence-electron chi connectivity index (χ3n) is 5.20. The highest BCUT2D eigenvalue weighted by Crippen LogP contribution is 2.40. The molecule has 0 aliphatic rings. The van der Waals surface area contributed by atoms with Crippen molar-refractivity contribution in [2.24, 2.45) is 0 Å². The molecular weight excluding hydrogens is 424 g/mol. The number of pyridine rings is 1. The van der Waals surface area contributed by atoms with E-state index >= 15 is 0 Å². The average molecular weight is 446 g/mol. The highest BCUT2D eigenvalue weighted by Gasteiger charge is 2.18. The largest absolute Gasteiger partial charge is 0.495 e. The van der Waals surface area contributed by atoms with Crippen LogP contribution in [0.2, 0.25) is 0 Å². The number of hydrogen-bond acceptors (Lipinski definition) is 6. The number of carbonyl (C=O) groups excluding carboxylic acids is 1. The van der Waals surface area contributed by atoms with E-state index in [-0.39, 0.29) is 5.91 Å². The van der Waals surface area contributed by atoms with Gasteiger partial charge in [0.05, 0.1) is 36.7 Å². The summed E-state index contributed by atoms with van der Waals surface area (Å²) in [5.74, 6) is 0.797. The molecule has 9 heteroatoms. The number of nitrogens with one attached hydrogen (secondary N) is 3. The van der Waals surface area contributed by atoms with Crippen LogP contribution in [0.25, 0.3) is 21.8 Å². The van der Waals surface area contributed by atoms with Crippen LogP contribution in [-0.2, 0) is 0 Å². The minimum Gasteiger partial charge on any atom is -0.495 e. The normalized spacial score (nSPS) is 10.6. The number of nitrogens with zero attached hydrogens (tertiary/aromatic N) is 1. The lowest BCUT2D eigenvalue weighted by molar-refractivity contribution is 0.0964. The van der Waals surface area contributed by atoms with Crippen LogP contribution in [0.1, 0.15) is 10.4 Å². The van der Waals surface area contributed by atoms with E-state index in [0.717, 1.165) is 5.39 Å². The molecule has 1 aromatic heterocycles. The van der Waals surface area contributed by atoms with Crippen LogP contribution in [-0.4, -0.2) is 43.4 Å². The molecule has 0 atom stereocenters. The fourth-order valence-electron chi connectivity index (χ4n) is 3.72. The number of carboxylic acid groups (broad SMARTS) is 1. The summed E-state index contributed by atoms with van der Waals surface area (Å²) in [4.78, 5) is 28.4. The third-order valence-corrected chi connectivity index (χ3v) is 5.20. The van der Waals surface area contributed by atoms with Crippen LogP contribution in [0.5, 0.6) is 11.5 Å². The maximum absolute atomic E-state index is 12.5. The topological polar surface area (TPSA) is 122 Å². The van der Waals surface area contributed by atoms with Gasteiger partial charge in [-0.1, -0.05) is 24.3 Å². The summed E-state index contributed by atoms with van der Waals surface area (Å²) in [5, 5.41) is 18.9. The molecule has 4 aromatic rings. The van der Waals surface area contributed by atoms with E-state index in [1.165, 1.54) is 7.11 Å². The molecular formula is C24H22N4O5. The molecule has 168 valence electrons. The average Bonchev–Trinajstić information content (AvgIpc) is 2.82. The summed E-state index contributed by atoms with van der Waals surface area (Å²) < 4.78 is 11.0. The Bertz CT molecular complexity index is 1390. The Morgan fingerprint density at radius 3 is 2.27 bits per heavy atom. The number of anilines is 3. The second kappa shape index (κ2) is 8.91. The van der Waals surface area contributed by atoms with Gasteiger partial charge in [-0.05, 0) is 30.3 Å². The van der Waals surface area contributed by atoms with Crippen molar-refractivity contribution in [2.75, 3.05) is 31.9 Å². The monoisotopic (exact) mass is 446 g/mol. The fourth-order valence-corrected chi connectivity index (χ4v) is 3.72. The fraction of sp³-hybridized carbons (Fsp3) is 0.125. The number of benzene rings is 3. The Balaban J connectivity index is 2.02. The van der Waals surface area contributed by atoms with Gasteiger partial charge in [0.25, 0.3) is 5.91 Å². The predicted octanol–water partition coefficient (Wildman–Crippen LogP) is 4.60. The summed E-state index contributed by atoms with van der Waals surface area (Å²) in [5.41, 5.74) is 3.06. The van der Waals surface area contributed by atoms with Gasteiger partial charge in [0.2, 0.25) is 0 Å². The van der Waals surface area contributed by atoms with Crippen molar-refractivity contribution in [3.8, 4) is 11.5 Å². The lowest BCUT2D eigenvalue weighted by atomic mass is 10.0. The van der Waals surface area contributed by atoms with Crippen LogP contribution in [0, 0.1) is 0 Å². The van der Waals surface area contributed by atoms with Gasteiger partial charge in [-0.2, -0.15) is 0 Å². The predicted molar refractivity (Wildman–Crippen MR) is 127 cm³/mol. The van der Waals surface area contributed by atoms with Gasteiger partial charge in [-0.15, -0.1) is 0 Å². The summed E-state index contributed by atoms with van der Waals surface area (Å²) in [7, 11) is 4.65. The van der Waals surface area contributed by atoms with Crippen molar-refractivity contribution >= 4 is 50.9 Å². The molecule has 0 saturated heterocycles. The number of ether oxygens (including phenoxy) is 2. The summed E-state index contributed by atoms with van der Waals surface area (Å²) in [6.07, 6.45) is -1.18. The molecule has 0 fully saturated rings. The molecule has 0 unspecified atom stereocenters. The SMILES string of the molecule is CNC(=O)c1cccc2c(Nc3cc(NC(=O)O)ccc3OC)c3cccc(OC)c3nc12. The molecule has 4 N–H and O–H groups in total. The molecule has 4 rings (SSSR count). The van der Waals surface area contributed by atoms with Gasteiger partial charge in [-0.25, -0.2) is 9.78 Å². The first-order valence-electron chi connectivity index (χ1n) is 10.0. The van der Waals surface area contributed by atoms with E-state index < -0.39 is 6.09 Å². The van der Waals surface area contributed by atoms with Crippen LogP contribution >= 0.6 is 0 Å². The van der Waals surface area contributed by atoms with Gasteiger partial charge < -0.3 is 25.2 Å². The molecule has 33 heavy (non-hydrogen) atoms. The van der Waals surface area contributed by atoms with Gasteiger partial charge in [0.15, 0.2) is 0 Å². The van der Waals surface area contributed by atoms with Crippen LogP contribution in [0.3, 0.4) is 0 Å². The zero-order valence-corrected chi connectivity index (χ0v) is 18.2. The first-order valence-corrected chi connectivity index (χ1v) is 10.0. The van der Waals surface area contributed by atoms with Crippen LogP contribution in [0.4, 0.5) is 21.9 Å². The number of methoxy groups -OCH3 is 2. The number of aromatic nitrogens is 1. The number of para-hydroxylation sites is 2. The lowest BCUT2D eigenvalue weighted by Crippen LogP contribution is -2.18. The third kappa shape index (κ3) is 4.03.